The zero-order valence-electron chi connectivity index (χ0n) is 15.5. The van der Waals surface area contributed by atoms with E-state index in [0.717, 1.165) is 35.3 Å². The van der Waals surface area contributed by atoms with Crippen molar-refractivity contribution >= 4 is 11.0 Å². The van der Waals surface area contributed by atoms with E-state index in [2.05, 4.69) is 41.2 Å². The number of hydrogen-bond donors (Lipinski definition) is 1. The molecule has 4 nitrogen and oxygen atoms in total. The van der Waals surface area contributed by atoms with Crippen LogP contribution in [0, 0.1) is 12.3 Å². The number of rotatable bonds is 8. The normalized spacial score (nSPS) is 10.7. The summed E-state index contributed by atoms with van der Waals surface area (Å²) in [7, 11) is 0. The fourth-order valence-corrected chi connectivity index (χ4v) is 3.23. The molecule has 1 N–H and O–H groups in total. The average molecular weight is 417 g/mol. The Morgan fingerprint density at radius 1 is 0.885 bits per heavy atom. The summed E-state index contributed by atoms with van der Waals surface area (Å²) in [5, 5.41) is 8.61. The molecule has 0 atom stereocenters. The van der Waals surface area contributed by atoms with Crippen molar-refractivity contribution in [2.45, 2.75) is 46.2 Å². The van der Waals surface area contributed by atoms with Crippen LogP contribution in [-0.2, 0) is 13.1 Å². The van der Waals surface area contributed by atoms with Crippen molar-refractivity contribution < 1.29 is 21.7 Å². The number of para-hydroxylation sites is 3. The SMILES string of the molecule is CCCCCn1c(=N)n(CCOc2ccccc2C)c2ccccc21.[Br-]. The number of aryl methyl sites for hydroxylation is 2. The molecule has 3 aromatic rings. The lowest BCUT2D eigenvalue weighted by Gasteiger charge is -2.10. The minimum absolute atomic E-state index is 0. The van der Waals surface area contributed by atoms with Gasteiger partial charge in [0, 0.05) is 6.54 Å². The van der Waals surface area contributed by atoms with Crippen molar-refractivity contribution in [3.8, 4) is 5.75 Å². The second kappa shape index (κ2) is 9.62. The summed E-state index contributed by atoms with van der Waals surface area (Å²) < 4.78 is 10.1. The van der Waals surface area contributed by atoms with Gasteiger partial charge in [0.15, 0.2) is 0 Å². The van der Waals surface area contributed by atoms with Crippen LogP contribution in [0.2, 0.25) is 0 Å². The van der Waals surface area contributed by atoms with Crippen LogP contribution in [0.1, 0.15) is 31.7 Å². The molecule has 0 spiro atoms. The molecular formula is C21H27BrN3O-. The quantitative estimate of drug-likeness (QED) is 0.555. The summed E-state index contributed by atoms with van der Waals surface area (Å²) in [6.45, 7) is 6.40. The molecule has 1 aromatic heterocycles. The molecular weight excluding hydrogens is 390 g/mol. The first kappa shape index (κ1) is 20.3. The highest BCUT2D eigenvalue weighted by atomic mass is 79.9. The van der Waals surface area contributed by atoms with Gasteiger partial charge in [-0.2, -0.15) is 0 Å². The fraction of sp³-hybridized carbons (Fsp3) is 0.381. The Balaban J connectivity index is 0.00000243. The van der Waals surface area contributed by atoms with E-state index in [-0.39, 0.29) is 17.0 Å². The Labute approximate surface area is 165 Å². The van der Waals surface area contributed by atoms with Gasteiger partial charge in [0.2, 0.25) is 5.62 Å². The summed E-state index contributed by atoms with van der Waals surface area (Å²) in [6, 6.07) is 16.3. The van der Waals surface area contributed by atoms with E-state index < -0.39 is 0 Å². The number of fused-ring (bicyclic) bond motifs is 1. The Kier molecular flexibility index (Phi) is 7.51. The Morgan fingerprint density at radius 2 is 1.50 bits per heavy atom. The van der Waals surface area contributed by atoms with E-state index in [1.807, 2.05) is 30.3 Å². The number of nitrogens with zero attached hydrogens (tertiary/aromatic N) is 2. The number of aromatic nitrogens is 2. The van der Waals surface area contributed by atoms with Gasteiger partial charge in [-0.25, -0.2) is 0 Å². The Bertz CT molecular complexity index is 898. The third-order valence-electron chi connectivity index (χ3n) is 4.63. The van der Waals surface area contributed by atoms with Gasteiger partial charge in [-0.3, -0.25) is 5.41 Å². The number of halogens is 1. The zero-order chi connectivity index (χ0) is 17.6. The van der Waals surface area contributed by atoms with Gasteiger partial charge in [-0.05, 0) is 37.1 Å². The fourth-order valence-electron chi connectivity index (χ4n) is 3.23. The zero-order valence-corrected chi connectivity index (χ0v) is 17.1. The van der Waals surface area contributed by atoms with Crippen molar-refractivity contribution in [1.82, 2.24) is 9.13 Å². The highest BCUT2D eigenvalue weighted by molar-refractivity contribution is 5.75. The summed E-state index contributed by atoms with van der Waals surface area (Å²) in [4.78, 5) is 0. The molecule has 0 aliphatic rings. The molecule has 0 aliphatic heterocycles. The lowest BCUT2D eigenvalue weighted by molar-refractivity contribution is -0.00000589. The molecule has 5 heteroatoms. The maximum Gasteiger partial charge on any atom is 0.203 e. The van der Waals surface area contributed by atoms with Crippen molar-refractivity contribution in [2.24, 2.45) is 0 Å². The van der Waals surface area contributed by atoms with E-state index in [0.29, 0.717) is 18.8 Å². The molecule has 0 aliphatic carbocycles. The molecule has 0 unspecified atom stereocenters. The van der Waals surface area contributed by atoms with Gasteiger partial charge < -0.3 is 30.9 Å². The topological polar surface area (TPSA) is 42.9 Å². The molecule has 0 radical (unpaired) electrons. The first-order valence-electron chi connectivity index (χ1n) is 9.13. The molecule has 0 saturated heterocycles. The smallest absolute Gasteiger partial charge is 0.203 e. The maximum absolute atomic E-state index is 8.61. The van der Waals surface area contributed by atoms with Crippen LogP contribution in [0.25, 0.3) is 11.0 Å². The minimum atomic E-state index is 0. The molecule has 0 saturated carbocycles. The third-order valence-corrected chi connectivity index (χ3v) is 4.63. The number of benzene rings is 2. The lowest BCUT2D eigenvalue weighted by atomic mass is 10.2. The second-order valence-electron chi connectivity index (χ2n) is 6.44. The predicted molar refractivity (Wildman–Crippen MR) is 102 cm³/mol. The van der Waals surface area contributed by atoms with Gasteiger partial charge in [0.25, 0.3) is 0 Å². The van der Waals surface area contributed by atoms with Gasteiger partial charge in [-0.15, -0.1) is 0 Å². The molecule has 140 valence electrons. The standard InChI is InChI=1S/C21H27N3O.BrH/c1-3-4-9-14-23-18-11-6-7-12-19(18)24(21(23)22)15-16-25-20-13-8-5-10-17(20)2;/h5-8,10-13,22H,3-4,9,14-16H2,1-2H3;1H/p-1. The van der Waals surface area contributed by atoms with Crippen LogP contribution < -0.4 is 27.3 Å². The van der Waals surface area contributed by atoms with E-state index in [1.165, 1.54) is 12.8 Å². The van der Waals surface area contributed by atoms with Crippen LogP contribution in [0.5, 0.6) is 5.75 Å². The molecule has 2 aromatic carbocycles. The molecule has 0 bridgehead atoms. The van der Waals surface area contributed by atoms with Crippen LogP contribution >= 0.6 is 0 Å². The molecule has 3 rings (SSSR count). The Hall–Kier alpha value is -2.01. The number of unbranched alkanes of at least 4 members (excludes halogenated alkanes) is 2. The van der Waals surface area contributed by atoms with Crippen molar-refractivity contribution in [2.75, 3.05) is 6.61 Å². The van der Waals surface area contributed by atoms with Crippen molar-refractivity contribution in [1.29, 1.82) is 5.41 Å². The first-order chi connectivity index (χ1) is 12.2. The number of imidazole rings is 1. The number of nitrogens with one attached hydrogen (secondary N) is 1. The van der Waals surface area contributed by atoms with E-state index in [9.17, 15) is 0 Å². The van der Waals surface area contributed by atoms with Crippen molar-refractivity contribution in [3.05, 3.63) is 59.7 Å². The second-order valence-corrected chi connectivity index (χ2v) is 6.44. The van der Waals surface area contributed by atoms with Crippen LogP contribution in [0.15, 0.2) is 48.5 Å². The molecule has 0 fully saturated rings. The summed E-state index contributed by atoms with van der Waals surface area (Å²) >= 11 is 0. The van der Waals surface area contributed by atoms with Crippen LogP contribution in [0.4, 0.5) is 0 Å². The highest BCUT2D eigenvalue weighted by Crippen LogP contribution is 2.17. The summed E-state index contributed by atoms with van der Waals surface area (Å²) in [5.74, 6) is 0.918. The maximum atomic E-state index is 8.61. The van der Waals surface area contributed by atoms with Gasteiger partial charge >= 0.3 is 0 Å². The highest BCUT2D eigenvalue weighted by Gasteiger charge is 2.10. The Morgan fingerprint density at radius 3 is 2.15 bits per heavy atom. The number of ether oxygens (including phenoxy) is 1. The molecule has 1 heterocycles. The van der Waals surface area contributed by atoms with Crippen LogP contribution in [0.3, 0.4) is 0 Å². The average Bonchev–Trinajstić information content (AvgIpc) is 2.89. The minimum Gasteiger partial charge on any atom is -1.00 e. The molecule has 26 heavy (non-hydrogen) atoms. The largest absolute Gasteiger partial charge is 1.00 e. The van der Waals surface area contributed by atoms with Gasteiger partial charge in [0.1, 0.15) is 12.4 Å². The van der Waals surface area contributed by atoms with E-state index in [1.54, 1.807) is 0 Å². The first-order valence-corrected chi connectivity index (χ1v) is 9.13. The van der Waals surface area contributed by atoms with E-state index in [4.69, 9.17) is 10.1 Å². The van der Waals surface area contributed by atoms with E-state index >= 15 is 0 Å². The summed E-state index contributed by atoms with van der Waals surface area (Å²) in [5.41, 5.74) is 3.95. The monoisotopic (exact) mass is 416 g/mol. The van der Waals surface area contributed by atoms with Gasteiger partial charge in [0.05, 0.1) is 17.6 Å². The van der Waals surface area contributed by atoms with Gasteiger partial charge in [-0.1, -0.05) is 50.1 Å². The van der Waals surface area contributed by atoms with Crippen molar-refractivity contribution in [3.63, 3.8) is 0 Å². The number of hydrogen-bond acceptors (Lipinski definition) is 2. The third kappa shape index (κ3) is 4.39. The lowest BCUT2D eigenvalue weighted by Crippen LogP contribution is -3.00. The van der Waals surface area contributed by atoms with Crippen LogP contribution in [-0.4, -0.2) is 15.7 Å². The summed E-state index contributed by atoms with van der Waals surface area (Å²) in [6.07, 6.45) is 3.50. The predicted octanol–water partition coefficient (Wildman–Crippen LogP) is 1.50. The molecule has 0 amide bonds.